The van der Waals surface area contributed by atoms with Crippen molar-refractivity contribution in [1.29, 1.82) is 0 Å². The number of piperidine rings is 1. The molecule has 1 saturated heterocycles. The molecular formula is C17H16F3N3O2. The van der Waals surface area contributed by atoms with Crippen LogP contribution in [0.2, 0.25) is 0 Å². The van der Waals surface area contributed by atoms with Gasteiger partial charge in [0.1, 0.15) is 18.2 Å². The first-order valence-electron chi connectivity index (χ1n) is 8.14. The molecule has 2 aliphatic rings. The molecule has 1 atom stereocenters. The number of hydrogen-bond donors (Lipinski definition) is 0. The lowest BCUT2D eigenvalue weighted by Crippen LogP contribution is -2.46. The van der Waals surface area contributed by atoms with E-state index in [0.29, 0.717) is 18.5 Å². The van der Waals surface area contributed by atoms with Crippen LogP contribution in [0.1, 0.15) is 18.4 Å². The Morgan fingerprint density at radius 2 is 1.92 bits per heavy atom. The molecule has 5 nitrogen and oxygen atoms in total. The van der Waals surface area contributed by atoms with Crippen LogP contribution in [0, 0.1) is 23.4 Å². The summed E-state index contributed by atoms with van der Waals surface area (Å²) in [6.45, 7) is 2.04. The van der Waals surface area contributed by atoms with Gasteiger partial charge in [0, 0.05) is 37.3 Å². The van der Waals surface area contributed by atoms with Crippen LogP contribution in [0.5, 0.6) is 5.88 Å². The first-order chi connectivity index (χ1) is 12.0. The van der Waals surface area contributed by atoms with Crippen molar-refractivity contribution in [3.8, 4) is 5.88 Å². The minimum absolute atomic E-state index is 0.0457. The molecule has 132 valence electrons. The monoisotopic (exact) mass is 351 g/mol. The Morgan fingerprint density at radius 3 is 2.76 bits per heavy atom. The molecule has 1 aromatic heterocycles. The van der Waals surface area contributed by atoms with E-state index in [1.807, 2.05) is 0 Å². The predicted molar refractivity (Wildman–Crippen MR) is 84.1 cm³/mol. The van der Waals surface area contributed by atoms with Crippen molar-refractivity contribution >= 4 is 5.82 Å². The number of ether oxygens (including phenoxy) is 1. The summed E-state index contributed by atoms with van der Waals surface area (Å²) >= 11 is 0. The number of halogens is 3. The minimum atomic E-state index is -1.26. The standard InChI is InChI=1S/C17H16F3N3O2/c18-12-5-14(20)13(19)4-11(12)9-25-15-6-16-22-3-1-2-10(7-22)8-23(16)17(24)21-15/h4-6,10H,1-3,7-9H2/t10-/m1/s1. The maximum atomic E-state index is 13.7. The fourth-order valence-electron chi connectivity index (χ4n) is 3.49. The van der Waals surface area contributed by atoms with Crippen molar-refractivity contribution in [2.75, 3.05) is 18.0 Å². The zero-order valence-electron chi connectivity index (χ0n) is 13.3. The largest absolute Gasteiger partial charge is 0.472 e. The second kappa shape index (κ2) is 6.09. The Kier molecular flexibility index (Phi) is 3.89. The van der Waals surface area contributed by atoms with Crippen molar-refractivity contribution in [2.24, 2.45) is 5.92 Å². The molecule has 1 aromatic carbocycles. The second-order valence-electron chi connectivity index (χ2n) is 6.45. The maximum Gasteiger partial charge on any atom is 0.352 e. The van der Waals surface area contributed by atoms with Gasteiger partial charge in [-0.05, 0) is 24.8 Å². The van der Waals surface area contributed by atoms with Gasteiger partial charge in [-0.2, -0.15) is 4.98 Å². The fraction of sp³-hybridized carbons (Fsp3) is 0.412. The van der Waals surface area contributed by atoms with E-state index in [4.69, 9.17) is 4.74 Å². The maximum absolute atomic E-state index is 13.7. The summed E-state index contributed by atoms with van der Waals surface area (Å²) in [6, 6.07) is 2.85. The van der Waals surface area contributed by atoms with Crippen LogP contribution >= 0.6 is 0 Å². The van der Waals surface area contributed by atoms with E-state index in [0.717, 1.165) is 37.8 Å². The van der Waals surface area contributed by atoms with Gasteiger partial charge in [0.05, 0.1) is 0 Å². The summed E-state index contributed by atoms with van der Waals surface area (Å²) in [5.74, 6) is -2.10. The molecule has 25 heavy (non-hydrogen) atoms. The quantitative estimate of drug-likeness (QED) is 0.797. The third-order valence-corrected chi connectivity index (χ3v) is 4.71. The molecule has 2 aromatic rings. The highest BCUT2D eigenvalue weighted by Gasteiger charge is 2.29. The number of anilines is 1. The highest BCUT2D eigenvalue weighted by molar-refractivity contribution is 5.44. The van der Waals surface area contributed by atoms with Gasteiger partial charge in [-0.25, -0.2) is 18.0 Å². The highest BCUT2D eigenvalue weighted by Crippen LogP contribution is 2.30. The van der Waals surface area contributed by atoms with Crippen molar-refractivity contribution < 1.29 is 17.9 Å². The number of fused-ring (bicyclic) bond motifs is 4. The molecule has 0 aliphatic carbocycles. The Hall–Kier alpha value is -2.51. The number of aromatic nitrogens is 2. The molecule has 0 N–H and O–H groups in total. The minimum Gasteiger partial charge on any atom is -0.472 e. The van der Waals surface area contributed by atoms with Gasteiger partial charge in [-0.15, -0.1) is 0 Å². The summed E-state index contributed by atoms with van der Waals surface area (Å²) in [6.07, 6.45) is 2.16. The van der Waals surface area contributed by atoms with Crippen LogP contribution in [-0.2, 0) is 13.2 Å². The average Bonchev–Trinajstić information content (AvgIpc) is 2.58. The molecule has 8 heteroatoms. The number of benzene rings is 1. The SMILES string of the molecule is O=c1nc(OCc2cc(F)c(F)cc2F)cc2n1C[C@@H]1CCCN2C1. The lowest BCUT2D eigenvalue weighted by Gasteiger charge is -2.40. The van der Waals surface area contributed by atoms with E-state index >= 15 is 0 Å². The van der Waals surface area contributed by atoms with E-state index < -0.39 is 23.1 Å². The smallest absolute Gasteiger partial charge is 0.352 e. The van der Waals surface area contributed by atoms with Crippen molar-refractivity contribution in [1.82, 2.24) is 9.55 Å². The summed E-state index contributed by atoms with van der Waals surface area (Å²) in [5.41, 5.74) is -0.564. The third kappa shape index (κ3) is 2.96. The molecule has 0 amide bonds. The molecular weight excluding hydrogens is 335 g/mol. The summed E-state index contributed by atoms with van der Waals surface area (Å²) in [7, 11) is 0. The lowest BCUT2D eigenvalue weighted by molar-refractivity contribution is 0.277. The summed E-state index contributed by atoms with van der Waals surface area (Å²) in [5, 5.41) is 0. The first-order valence-corrected chi connectivity index (χ1v) is 8.14. The molecule has 2 aliphatic heterocycles. The Bertz CT molecular complexity index is 884. The van der Waals surface area contributed by atoms with E-state index in [9.17, 15) is 18.0 Å². The Morgan fingerprint density at radius 1 is 1.12 bits per heavy atom. The molecule has 0 spiro atoms. The normalized spacial score (nSPS) is 18.8. The van der Waals surface area contributed by atoms with Gasteiger partial charge >= 0.3 is 5.69 Å². The van der Waals surface area contributed by atoms with Crippen LogP contribution in [0.15, 0.2) is 23.0 Å². The van der Waals surface area contributed by atoms with Gasteiger partial charge in [0.2, 0.25) is 5.88 Å². The molecule has 2 bridgehead atoms. The Balaban J connectivity index is 1.59. The predicted octanol–water partition coefficient (Wildman–Crippen LogP) is 2.47. The lowest BCUT2D eigenvalue weighted by atomic mass is 9.96. The zero-order chi connectivity index (χ0) is 17.6. The molecule has 1 fully saturated rings. The van der Waals surface area contributed by atoms with Gasteiger partial charge in [0.15, 0.2) is 11.6 Å². The number of hydrogen-bond acceptors (Lipinski definition) is 4. The van der Waals surface area contributed by atoms with E-state index in [2.05, 4.69) is 9.88 Å². The third-order valence-electron chi connectivity index (χ3n) is 4.71. The van der Waals surface area contributed by atoms with Gasteiger partial charge in [-0.3, -0.25) is 4.57 Å². The molecule has 0 saturated carbocycles. The van der Waals surface area contributed by atoms with Crippen molar-refractivity contribution in [3.63, 3.8) is 0 Å². The topological polar surface area (TPSA) is 47.4 Å². The molecule has 3 heterocycles. The number of rotatable bonds is 3. The molecule has 4 rings (SSSR count). The second-order valence-corrected chi connectivity index (χ2v) is 6.45. The van der Waals surface area contributed by atoms with Crippen LogP contribution in [0.3, 0.4) is 0 Å². The Labute approximate surface area is 141 Å². The molecule has 0 radical (unpaired) electrons. The van der Waals surface area contributed by atoms with E-state index in [1.54, 1.807) is 10.6 Å². The summed E-state index contributed by atoms with van der Waals surface area (Å²) < 4.78 is 46.9. The fourth-order valence-corrected chi connectivity index (χ4v) is 3.49. The van der Waals surface area contributed by atoms with Crippen LogP contribution < -0.4 is 15.3 Å². The van der Waals surface area contributed by atoms with Crippen molar-refractivity contribution in [2.45, 2.75) is 26.0 Å². The van der Waals surface area contributed by atoms with Gasteiger partial charge < -0.3 is 9.64 Å². The molecule has 0 unspecified atom stereocenters. The number of nitrogens with zero attached hydrogens (tertiary/aromatic N) is 3. The first kappa shape index (κ1) is 16.0. The van der Waals surface area contributed by atoms with E-state index in [-0.39, 0.29) is 18.1 Å². The van der Waals surface area contributed by atoms with Crippen LogP contribution in [0.4, 0.5) is 19.0 Å². The van der Waals surface area contributed by atoms with Gasteiger partial charge in [0.25, 0.3) is 0 Å². The van der Waals surface area contributed by atoms with Crippen LogP contribution in [-0.4, -0.2) is 22.6 Å². The summed E-state index contributed by atoms with van der Waals surface area (Å²) in [4.78, 5) is 18.2. The van der Waals surface area contributed by atoms with Crippen molar-refractivity contribution in [3.05, 3.63) is 51.7 Å². The average molecular weight is 351 g/mol. The van der Waals surface area contributed by atoms with Gasteiger partial charge in [-0.1, -0.05) is 0 Å². The van der Waals surface area contributed by atoms with E-state index in [1.165, 1.54) is 0 Å². The zero-order valence-corrected chi connectivity index (χ0v) is 13.3. The highest BCUT2D eigenvalue weighted by atomic mass is 19.2. The van der Waals surface area contributed by atoms with Crippen LogP contribution in [0.25, 0.3) is 0 Å².